The van der Waals surface area contributed by atoms with E-state index in [0.29, 0.717) is 25.3 Å². The third-order valence-electron chi connectivity index (χ3n) is 5.23. The molecule has 1 N–H and O–H groups in total. The lowest BCUT2D eigenvalue weighted by Crippen LogP contribution is -2.47. The van der Waals surface area contributed by atoms with Gasteiger partial charge in [-0.2, -0.15) is 13.2 Å². The maximum absolute atomic E-state index is 12.9. The Morgan fingerprint density at radius 1 is 0.778 bits per heavy atom. The van der Waals surface area contributed by atoms with Crippen LogP contribution in [0.1, 0.15) is 61.0 Å². The van der Waals surface area contributed by atoms with E-state index < -0.39 is 11.7 Å². The molecule has 0 saturated carbocycles. The van der Waals surface area contributed by atoms with Crippen molar-refractivity contribution in [3.8, 4) is 0 Å². The Kier molecular flexibility index (Phi) is 16.3. The number of aromatic amines is 1. The summed E-state index contributed by atoms with van der Waals surface area (Å²) in [5.41, 5.74) is 1.56. The van der Waals surface area contributed by atoms with E-state index in [-0.39, 0.29) is 5.69 Å². The van der Waals surface area contributed by atoms with Gasteiger partial charge in [0, 0.05) is 45.0 Å². The fourth-order valence-electron chi connectivity index (χ4n) is 3.68. The number of anilines is 1. The number of aromatic nitrogens is 2. The van der Waals surface area contributed by atoms with E-state index in [0.717, 1.165) is 36.7 Å². The quantitative estimate of drug-likeness (QED) is 0.401. The van der Waals surface area contributed by atoms with Crippen LogP contribution >= 0.6 is 0 Å². The number of piperazine rings is 1. The number of alkyl halides is 3. The van der Waals surface area contributed by atoms with Gasteiger partial charge in [-0.05, 0) is 30.3 Å². The van der Waals surface area contributed by atoms with Crippen molar-refractivity contribution < 1.29 is 13.2 Å². The minimum Gasteiger partial charge on any atom is -0.369 e. The normalized spacial score (nSPS) is 13.1. The summed E-state index contributed by atoms with van der Waals surface area (Å²) in [6.07, 6.45) is -4.33. The van der Waals surface area contributed by atoms with Crippen molar-refractivity contribution in [2.24, 2.45) is 0 Å². The fraction of sp³-hybridized carbons (Fsp3) is 0.536. The zero-order valence-corrected chi connectivity index (χ0v) is 23.2. The Balaban J connectivity index is 0.00000140. The predicted octanol–water partition coefficient (Wildman–Crippen LogP) is 7.28. The Hall–Kier alpha value is -2.74. The molecule has 3 aromatic rings. The van der Waals surface area contributed by atoms with Crippen LogP contribution in [0.25, 0.3) is 11.0 Å². The van der Waals surface area contributed by atoms with Crippen molar-refractivity contribution in [1.82, 2.24) is 14.5 Å². The van der Waals surface area contributed by atoms with Crippen LogP contribution in [0.5, 0.6) is 0 Å². The van der Waals surface area contributed by atoms with Gasteiger partial charge in [0.1, 0.15) is 0 Å². The molecule has 1 saturated heterocycles. The molecule has 1 aromatic heterocycles. The SMILES string of the molecule is CC.CC.CC.CC.O=c1[nH]c2ccccc2n1CCN1CCN(c2cccc(C(F)(F)F)c2)CC1. The number of rotatable bonds is 4. The van der Waals surface area contributed by atoms with Gasteiger partial charge >= 0.3 is 11.9 Å². The highest BCUT2D eigenvalue weighted by Gasteiger charge is 2.31. The number of hydrogen-bond donors (Lipinski definition) is 1. The zero-order valence-electron chi connectivity index (χ0n) is 23.2. The van der Waals surface area contributed by atoms with E-state index in [9.17, 15) is 18.0 Å². The summed E-state index contributed by atoms with van der Waals surface area (Å²) in [4.78, 5) is 19.2. The third-order valence-corrected chi connectivity index (χ3v) is 5.23. The van der Waals surface area contributed by atoms with Crippen molar-refractivity contribution >= 4 is 16.7 Å². The molecule has 0 unspecified atom stereocenters. The van der Waals surface area contributed by atoms with E-state index in [1.807, 2.05) is 84.6 Å². The molecular formula is C28H45F3N4O. The van der Waals surface area contributed by atoms with Gasteiger partial charge in [-0.3, -0.25) is 9.47 Å². The Labute approximate surface area is 214 Å². The Morgan fingerprint density at radius 3 is 1.94 bits per heavy atom. The second-order valence-electron chi connectivity index (χ2n) is 6.98. The molecule has 0 aliphatic carbocycles. The molecule has 5 nitrogen and oxygen atoms in total. The maximum atomic E-state index is 12.9. The van der Waals surface area contributed by atoms with Gasteiger partial charge < -0.3 is 9.88 Å². The first-order chi connectivity index (χ1) is 17.4. The minimum absolute atomic E-state index is 0.121. The Morgan fingerprint density at radius 2 is 1.36 bits per heavy atom. The van der Waals surface area contributed by atoms with Crippen molar-refractivity contribution in [2.75, 3.05) is 37.6 Å². The molecule has 0 spiro atoms. The second kappa shape index (κ2) is 17.7. The fourth-order valence-corrected chi connectivity index (χ4v) is 3.68. The number of para-hydroxylation sites is 2. The monoisotopic (exact) mass is 510 g/mol. The number of nitrogens with zero attached hydrogens (tertiary/aromatic N) is 3. The van der Waals surface area contributed by atoms with Crippen LogP contribution in [0.15, 0.2) is 53.3 Å². The molecule has 1 aliphatic heterocycles. The molecule has 0 radical (unpaired) electrons. The maximum Gasteiger partial charge on any atom is 0.416 e. The van der Waals surface area contributed by atoms with Gasteiger partial charge in [0.2, 0.25) is 0 Å². The summed E-state index contributed by atoms with van der Waals surface area (Å²) >= 11 is 0. The van der Waals surface area contributed by atoms with E-state index in [4.69, 9.17) is 0 Å². The second-order valence-corrected chi connectivity index (χ2v) is 6.98. The topological polar surface area (TPSA) is 44.3 Å². The first-order valence-corrected chi connectivity index (χ1v) is 13.2. The summed E-state index contributed by atoms with van der Waals surface area (Å²) in [6.45, 7) is 20.1. The average molecular weight is 511 g/mol. The molecule has 2 heterocycles. The molecule has 4 rings (SSSR count). The molecule has 36 heavy (non-hydrogen) atoms. The number of H-pyrrole nitrogens is 1. The van der Waals surface area contributed by atoms with Gasteiger partial charge in [0.15, 0.2) is 0 Å². The largest absolute Gasteiger partial charge is 0.416 e. The van der Waals surface area contributed by atoms with Crippen LogP contribution in [-0.2, 0) is 12.7 Å². The number of imidazole rings is 1. The van der Waals surface area contributed by atoms with Crippen molar-refractivity contribution in [2.45, 2.75) is 68.1 Å². The number of benzene rings is 2. The summed E-state index contributed by atoms with van der Waals surface area (Å²) in [5, 5.41) is 0. The van der Waals surface area contributed by atoms with Crippen LogP contribution in [0.4, 0.5) is 18.9 Å². The van der Waals surface area contributed by atoms with E-state index in [2.05, 4.69) is 9.88 Å². The van der Waals surface area contributed by atoms with Gasteiger partial charge in [-0.1, -0.05) is 73.6 Å². The number of hydrogen-bond acceptors (Lipinski definition) is 3. The van der Waals surface area contributed by atoms with Crippen LogP contribution in [0, 0.1) is 0 Å². The number of nitrogens with one attached hydrogen (secondary N) is 1. The molecule has 0 amide bonds. The molecule has 2 aromatic carbocycles. The number of halogens is 3. The third kappa shape index (κ3) is 9.37. The molecule has 204 valence electrons. The zero-order chi connectivity index (χ0) is 27.7. The molecule has 8 heteroatoms. The summed E-state index contributed by atoms with van der Waals surface area (Å²) in [5.74, 6) is 0. The summed E-state index contributed by atoms with van der Waals surface area (Å²) in [7, 11) is 0. The molecule has 0 bridgehead atoms. The van der Waals surface area contributed by atoms with Crippen molar-refractivity contribution in [3.63, 3.8) is 0 Å². The van der Waals surface area contributed by atoms with Crippen LogP contribution in [-0.4, -0.2) is 47.2 Å². The lowest BCUT2D eigenvalue weighted by molar-refractivity contribution is -0.137. The minimum atomic E-state index is -4.33. The number of fused-ring (bicyclic) bond motifs is 1. The van der Waals surface area contributed by atoms with Crippen LogP contribution < -0.4 is 10.6 Å². The van der Waals surface area contributed by atoms with Gasteiger partial charge in [0.25, 0.3) is 0 Å². The smallest absolute Gasteiger partial charge is 0.369 e. The summed E-state index contributed by atoms with van der Waals surface area (Å²) < 4.78 is 40.5. The highest BCUT2D eigenvalue weighted by molar-refractivity contribution is 5.74. The lowest BCUT2D eigenvalue weighted by atomic mass is 10.1. The van der Waals surface area contributed by atoms with Gasteiger partial charge in [0.05, 0.1) is 16.6 Å². The van der Waals surface area contributed by atoms with Gasteiger partial charge in [-0.15, -0.1) is 0 Å². The van der Waals surface area contributed by atoms with Gasteiger partial charge in [-0.25, -0.2) is 4.79 Å². The first-order valence-electron chi connectivity index (χ1n) is 13.2. The first kappa shape index (κ1) is 33.3. The van der Waals surface area contributed by atoms with Crippen LogP contribution in [0.3, 0.4) is 0 Å². The Bertz CT molecular complexity index is 1020. The predicted molar refractivity (Wildman–Crippen MR) is 148 cm³/mol. The highest BCUT2D eigenvalue weighted by Crippen LogP contribution is 2.31. The lowest BCUT2D eigenvalue weighted by Gasteiger charge is -2.36. The molecular weight excluding hydrogens is 465 g/mol. The van der Waals surface area contributed by atoms with E-state index in [1.165, 1.54) is 12.1 Å². The molecule has 0 atom stereocenters. The summed E-state index contributed by atoms with van der Waals surface area (Å²) in [6, 6.07) is 13.1. The highest BCUT2D eigenvalue weighted by atomic mass is 19.4. The van der Waals surface area contributed by atoms with Crippen molar-refractivity contribution in [3.05, 3.63) is 64.6 Å². The molecule has 1 aliphatic rings. The average Bonchev–Trinajstić information content (AvgIpc) is 3.26. The van der Waals surface area contributed by atoms with E-state index >= 15 is 0 Å². The standard InChI is InChI=1S/C20H21F3N4O.4C2H6/c21-20(22,23)15-4-3-5-16(14-15)26-11-8-25(9-12-26)10-13-27-18-7-2-1-6-17(18)24-19(27)28;4*1-2/h1-7,14H,8-13H2,(H,24,28);4*1-2H3. The van der Waals surface area contributed by atoms with E-state index in [1.54, 1.807) is 10.6 Å². The van der Waals surface area contributed by atoms with Crippen molar-refractivity contribution in [1.29, 1.82) is 0 Å². The molecule has 1 fully saturated rings. The van der Waals surface area contributed by atoms with Crippen LogP contribution in [0.2, 0.25) is 0 Å².